The van der Waals surface area contributed by atoms with Crippen LogP contribution >= 0.6 is 0 Å². The van der Waals surface area contributed by atoms with Gasteiger partial charge in [0.2, 0.25) is 0 Å². The zero-order valence-electron chi connectivity index (χ0n) is 14.8. The van der Waals surface area contributed by atoms with Gasteiger partial charge in [0.15, 0.2) is 0 Å². The first-order valence-corrected chi connectivity index (χ1v) is 8.47. The molecular formula is C23H18N2O2. The van der Waals surface area contributed by atoms with Crippen molar-refractivity contribution in [1.82, 2.24) is 0 Å². The maximum Gasteiger partial charge on any atom is 0.266 e. The highest BCUT2D eigenvalue weighted by Crippen LogP contribution is 2.23. The highest BCUT2D eigenvalue weighted by atomic mass is 16.5. The van der Waals surface area contributed by atoms with Crippen LogP contribution in [0.4, 0.5) is 5.69 Å². The van der Waals surface area contributed by atoms with Gasteiger partial charge in [0.05, 0.1) is 0 Å². The number of carbonyl (C=O) groups excluding carboxylic acids is 1. The summed E-state index contributed by atoms with van der Waals surface area (Å²) in [7, 11) is 0. The predicted molar refractivity (Wildman–Crippen MR) is 106 cm³/mol. The maximum atomic E-state index is 12.4. The molecule has 0 fully saturated rings. The average molecular weight is 354 g/mol. The smallest absolute Gasteiger partial charge is 0.266 e. The van der Waals surface area contributed by atoms with Crippen LogP contribution in [0.25, 0.3) is 6.08 Å². The van der Waals surface area contributed by atoms with Crippen LogP contribution < -0.4 is 10.1 Å². The van der Waals surface area contributed by atoms with Gasteiger partial charge in [-0.25, -0.2) is 0 Å². The Morgan fingerprint density at radius 1 is 0.963 bits per heavy atom. The van der Waals surface area contributed by atoms with E-state index in [1.807, 2.05) is 79.7 Å². The number of anilines is 1. The zero-order chi connectivity index (χ0) is 19.1. The lowest BCUT2D eigenvalue weighted by Crippen LogP contribution is -2.13. The van der Waals surface area contributed by atoms with Crippen molar-refractivity contribution in [2.45, 2.75) is 6.92 Å². The second-order valence-electron chi connectivity index (χ2n) is 5.98. The van der Waals surface area contributed by atoms with Crippen LogP contribution in [0.3, 0.4) is 0 Å². The molecule has 0 radical (unpaired) electrons. The number of hydrogen-bond donors (Lipinski definition) is 1. The predicted octanol–water partition coefficient (Wildman–Crippen LogP) is 5.33. The van der Waals surface area contributed by atoms with Gasteiger partial charge in [-0.3, -0.25) is 4.79 Å². The van der Waals surface area contributed by atoms with Crippen molar-refractivity contribution >= 4 is 17.7 Å². The molecular weight excluding hydrogens is 336 g/mol. The Kier molecular flexibility index (Phi) is 5.66. The largest absolute Gasteiger partial charge is 0.457 e. The second kappa shape index (κ2) is 8.50. The lowest BCUT2D eigenvalue weighted by molar-refractivity contribution is -0.112. The lowest BCUT2D eigenvalue weighted by atomic mass is 10.1. The number of rotatable bonds is 5. The van der Waals surface area contributed by atoms with Crippen molar-refractivity contribution in [3.63, 3.8) is 0 Å². The summed E-state index contributed by atoms with van der Waals surface area (Å²) in [5.41, 5.74) is 2.41. The molecule has 0 saturated heterocycles. The van der Waals surface area contributed by atoms with Crippen molar-refractivity contribution in [2.24, 2.45) is 0 Å². The molecule has 4 heteroatoms. The summed E-state index contributed by atoms with van der Waals surface area (Å²) < 4.78 is 5.79. The number of nitrogens with one attached hydrogen (secondary N) is 1. The lowest BCUT2D eigenvalue weighted by Gasteiger charge is -2.07. The minimum absolute atomic E-state index is 0.0216. The summed E-state index contributed by atoms with van der Waals surface area (Å²) in [5.74, 6) is 0.903. The Morgan fingerprint density at radius 3 is 2.44 bits per heavy atom. The molecule has 0 aliphatic carbocycles. The molecule has 0 aliphatic rings. The van der Waals surface area contributed by atoms with E-state index in [1.165, 1.54) is 0 Å². The zero-order valence-corrected chi connectivity index (χ0v) is 14.8. The number of hydrogen-bond acceptors (Lipinski definition) is 3. The maximum absolute atomic E-state index is 12.4. The molecule has 0 aliphatic heterocycles. The van der Waals surface area contributed by atoms with Crippen LogP contribution in [0.2, 0.25) is 0 Å². The Morgan fingerprint density at radius 2 is 1.70 bits per heavy atom. The quantitative estimate of drug-likeness (QED) is 0.497. The number of amides is 1. The van der Waals surface area contributed by atoms with Crippen LogP contribution in [0.15, 0.2) is 84.4 Å². The first-order chi connectivity index (χ1) is 13.1. The third kappa shape index (κ3) is 5.07. The van der Waals surface area contributed by atoms with Gasteiger partial charge in [-0.15, -0.1) is 0 Å². The molecule has 3 aromatic carbocycles. The fourth-order valence-corrected chi connectivity index (χ4v) is 2.53. The molecule has 0 atom stereocenters. The van der Waals surface area contributed by atoms with Crippen LogP contribution in [0.5, 0.6) is 11.5 Å². The summed E-state index contributed by atoms with van der Waals surface area (Å²) in [6, 6.07) is 26.0. The molecule has 0 heterocycles. The number of nitrogens with zero attached hydrogens (tertiary/aromatic N) is 1. The number of aryl methyl sites for hydroxylation is 1. The highest BCUT2D eigenvalue weighted by Gasteiger charge is 2.10. The van der Waals surface area contributed by atoms with E-state index in [2.05, 4.69) is 5.32 Å². The molecule has 0 spiro atoms. The third-order valence-corrected chi connectivity index (χ3v) is 3.79. The van der Waals surface area contributed by atoms with Crippen molar-refractivity contribution in [1.29, 1.82) is 5.26 Å². The van der Waals surface area contributed by atoms with Crippen LogP contribution in [-0.2, 0) is 4.79 Å². The number of nitriles is 1. The van der Waals surface area contributed by atoms with Gasteiger partial charge in [0.1, 0.15) is 23.1 Å². The molecule has 27 heavy (non-hydrogen) atoms. The van der Waals surface area contributed by atoms with Gasteiger partial charge in [-0.1, -0.05) is 42.5 Å². The van der Waals surface area contributed by atoms with Gasteiger partial charge in [0, 0.05) is 5.69 Å². The van der Waals surface area contributed by atoms with Gasteiger partial charge >= 0.3 is 0 Å². The summed E-state index contributed by atoms with van der Waals surface area (Å²) in [6.07, 6.45) is 1.54. The van der Waals surface area contributed by atoms with Gasteiger partial charge in [0.25, 0.3) is 5.91 Å². The minimum atomic E-state index is -0.447. The fraction of sp³-hybridized carbons (Fsp3) is 0.0435. The van der Waals surface area contributed by atoms with Crippen molar-refractivity contribution in [3.05, 3.63) is 95.6 Å². The monoisotopic (exact) mass is 354 g/mol. The van der Waals surface area contributed by atoms with Crippen LogP contribution in [0.1, 0.15) is 11.1 Å². The van der Waals surface area contributed by atoms with Crippen molar-refractivity contribution in [2.75, 3.05) is 5.32 Å². The van der Waals surface area contributed by atoms with E-state index in [0.717, 1.165) is 11.3 Å². The summed E-state index contributed by atoms with van der Waals surface area (Å²) in [6.45, 7) is 1.94. The van der Waals surface area contributed by atoms with E-state index in [9.17, 15) is 10.1 Å². The summed E-state index contributed by atoms with van der Waals surface area (Å²) in [5, 5.41) is 12.1. The average Bonchev–Trinajstić information content (AvgIpc) is 2.67. The first kappa shape index (κ1) is 18.0. The van der Waals surface area contributed by atoms with E-state index in [0.29, 0.717) is 17.0 Å². The van der Waals surface area contributed by atoms with Gasteiger partial charge < -0.3 is 10.1 Å². The van der Waals surface area contributed by atoms with E-state index < -0.39 is 5.91 Å². The molecule has 3 aromatic rings. The molecule has 132 valence electrons. The molecule has 0 bridgehead atoms. The van der Waals surface area contributed by atoms with Crippen LogP contribution in [0, 0.1) is 18.3 Å². The van der Waals surface area contributed by atoms with Crippen molar-refractivity contribution < 1.29 is 9.53 Å². The molecule has 0 unspecified atom stereocenters. The summed E-state index contributed by atoms with van der Waals surface area (Å²) >= 11 is 0. The molecule has 1 amide bonds. The molecule has 0 aromatic heterocycles. The highest BCUT2D eigenvalue weighted by molar-refractivity contribution is 6.09. The number of carbonyl (C=O) groups is 1. The standard InChI is InChI=1S/C23H18N2O2/c1-17-7-5-9-20(13-17)25-23(26)19(16-24)14-18-8-6-12-22(15-18)27-21-10-3-2-4-11-21/h2-15H,1H3,(H,25,26)/b19-14+. The minimum Gasteiger partial charge on any atom is -0.457 e. The number of benzene rings is 3. The Bertz CT molecular complexity index is 1020. The fourth-order valence-electron chi connectivity index (χ4n) is 2.53. The summed E-state index contributed by atoms with van der Waals surface area (Å²) in [4.78, 5) is 12.4. The Balaban J connectivity index is 1.78. The Labute approximate surface area is 158 Å². The number of para-hydroxylation sites is 1. The Hall–Kier alpha value is -3.84. The molecule has 1 N–H and O–H groups in total. The third-order valence-electron chi connectivity index (χ3n) is 3.79. The van der Waals surface area contributed by atoms with Gasteiger partial charge in [-0.2, -0.15) is 5.26 Å². The van der Waals surface area contributed by atoms with Gasteiger partial charge in [-0.05, 0) is 60.5 Å². The van der Waals surface area contributed by atoms with Crippen molar-refractivity contribution in [3.8, 4) is 17.6 Å². The topological polar surface area (TPSA) is 62.1 Å². The van der Waals surface area contributed by atoms with E-state index >= 15 is 0 Å². The first-order valence-electron chi connectivity index (χ1n) is 8.47. The molecule has 0 saturated carbocycles. The second-order valence-corrected chi connectivity index (χ2v) is 5.98. The normalized spacial score (nSPS) is 10.7. The molecule has 4 nitrogen and oxygen atoms in total. The van der Waals surface area contributed by atoms with Crippen LogP contribution in [-0.4, -0.2) is 5.91 Å². The van der Waals surface area contributed by atoms with E-state index in [4.69, 9.17) is 4.74 Å². The van der Waals surface area contributed by atoms with E-state index in [1.54, 1.807) is 18.2 Å². The van der Waals surface area contributed by atoms with E-state index in [-0.39, 0.29) is 5.57 Å². The SMILES string of the molecule is Cc1cccc(NC(=O)/C(C#N)=C/c2cccc(Oc3ccccc3)c2)c1. The molecule has 3 rings (SSSR count). The number of ether oxygens (including phenoxy) is 1.